The second kappa shape index (κ2) is 6.94. The molecule has 1 N–H and O–H groups in total. The van der Waals surface area contributed by atoms with Crippen molar-refractivity contribution in [1.29, 1.82) is 0 Å². The van der Waals surface area contributed by atoms with Gasteiger partial charge in [0.1, 0.15) is 5.75 Å². The first-order valence-electron chi connectivity index (χ1n) is 6.55. The standard InChI is InChI=1S/C15H25NO3S2/c1-15(2,3)21(6,7)16-20-13-10-11(18-4)8-9-12(13)14(17)19-5/h8-10,16H,1-7H3. The van der Waals surface area contributed by atoms with E-state index in [2.05, 4.69) is 37.4 Å². The van der Waals surface area contributed by atoms with Crippen LogP contribution in [0.25, 0.3) is 0 Å². The van der Waals surface area contributed by atoms with Gasteiger partial charge >= 0.3 is 5.97 Å². The van der Waals surface area contributed by atoms with Crippen LogP contribution in [0, 0.1) is 0 Å². The van der Waals surface area contributed by atoms with E-state index in [1.54, 1.807) is 19.2 Å². The summed E-state index contributed by atoms with van der Waals surface area (Å²) in [6.45, 7) is 6.63. The number of carbonyl (C=O) groups excluding carboxylic acids is 1. The molecule has 0 aliphatic heterocycles. The van der Waals surface area contributed by atoms with Crippen LogP contribution in [0.4, 0.5) is 0 Å². The number of carbonyl (C=O) groups is 1. The zero-order chi connectivity index (χ0) is 16.3. The van der Waals surface area contributed by atoms with E-state index in [9.17, 15) is 4.79 Å². The summed E-state index contributed by atoms with van der Waals surface area (Å²) in [6.07, 6.45) is 4.44. The van der Waals surface area contributed by atoms with E-state index in [-0.39, 0.29) is 10.7 Å². The summed E-state index contributed by atoms with van der Waals surface area (Å²) in [5, 5.41) is 0. The van der Waals surface area contributed by atoms with E-state index in [1.807, 2.05) is 6.07 Å². The second-order valence-corrected chi connectivity index (χ2v) is 11.2. The quantitative estimate of drug-likeness (QED) is 0.656. The highest BCUT2D eigenvalue weighted by Crippen LogP contribution is 2.51. The number of esters is 1. The van der Waals surface area contributed by atoms with E-state index in [1.165, 1.54) is 19.1 Å². The lowest BCUT2D eigenvalue weighted by Crippen LogP contribution is -2.30. The molecule has 0 aliphatic rings. The van der Waals surface area contributed by atoms with Gasteiger partial charge in [-0.1, -0.05) is 20.8 Å². The van der Waals surface area contributed by atoms with Gasteiger partial charge in [0, 0.05) is 9.64 Å². The third-order valence-corrected chi connectivity index (χ3v) is 9.10. The SMILES string of the molecule is COC(=O)c1ccc(OC)cc1SNS(C)(C)C(C)(C)C. The maximum Gasteiger partial charge on any atom is 0.339 e. The summed E-state index contributed by atoms with van der Waals surface area (Å²) >= 11 is 1.46. The molecule has 1 aromatic carbocycles. The smallest absolute Gasteiger partial charge is 0.339 e. The van der Waals surface area contributed by atoms with Crippen LogP contribution in [0.3, 0.4) is 0 Å². The topological polar surface area (TPSA) is 47.6 Å². The lowest BCUT2D eigenvalue weighted by atomic mass is 10.2. The van der Waals surface area contributed by atoms with Crippen LogP contribution in [0.5, 0.6) is 5.75 Å². The molecule has 0 saturated carbocycles. The molecule has 0 spiro atoms. The Kier molecular flexibility index (Phi) is 6.01. The normalized spacial score (nSPS) is 12.9. The predicted octanol–water partition coefficient (Wildman–Crippen LogP) is 3.86. The van der Waals surface area contributed by atoms with Crippen LogP contribution in [-0.2, 0) is 4.74 Å². The van der Waals surface area contributed by atoms with Gasteiger partial charge in [-0.2, -0.15) is 10.2 Å². The van der Waals surface area contributed by atoms with Crippen molar-refractivity contribution in [2.75, 3.05) is 26.7 Å². The van der Waals surface area contributed by atoms with Gasteiger partial charge < -0.3 is 9.47 Å². The molecule has 6 heteroatoms. The molecule has 120 valence electrons. The summed E-state index contributed by atoms with van der Waals surface area (Å²) in [4.78, 5) is 12.7. The van der Waals surface area contributed by atoms with Gasteiger partial charge in [-0.15, -0.1) is 0 Å². The van der Waals surface area contributed by atoms with Crippen LogP contribution in [0.2, 0.25) is 0 Å². The van der Waals surface area contributed by atoms with E-state index < -0.39 is 10.2 Å². The Labute approximate surface area is 133 Å². The van der Waals surface area contributed by atoms with Crippen molar-refractivity contribution in [1.82, 2.24) is 4.13 Å². The van der Waals surface area contributed by atoms with Crippen molar-refractivity contribution >= 4 is 28.1 Å². The average molecular weight is 332 g/mol. The Morgan fingerprint density at radius 2 is 1.86 bits per heavy atom. The highest BCUT2D eigenvalue weighted by molar-refractivity contribution is 8.37. The number of methoxy groups -OCH3 is 2. The van der Waals surface area contributed by atoms with E-state index in [4.69, 9.17) is 9.47 Å². The van der Waals surface area contributed by atoms with Gasteiger partial charge in [-0.05, 0) is 42.7 Å². The first-order chi connectivity index (χ1) is 9.62. The van der Waals surface area contributed by atoms with Crippen molar-refractivity contribution in [3.8, 4) is 5.75 Å². The molecule has 0 atom stereocenters. The number of benzene rings is 1. The number of hydrogen-bond donors (Lipinski definition) is 1. The molecule has 0 radical (unpaired) electrons. The number of rotatable bonds is 5. The van der Waals surface area contributed by atoms with Crippen molar-refractivity contribution in [3.05, 3.63) is 23.8 Å². The molecule has 0 aromatic heterocycles. The minimum atomic E-state index is -1.04. The highest BCUT2D eigenvalue weighted by atomic mass is 32.3. The Morgan fingerprint density at radius 3 is 2.33 bits per heavy atom. The van der Waals surface area contributed by atoms with Gasteiger partial charge in [0.05, 0.1) is 19.8 Å². The fraction of sp³-hybridized carbons (Fsp3) is 0.533. The summed E-state index contributed by atoms with van der Waals surface area (Å²) in [7, 11) is 1.95. The molecular formula is C15H25NO3S2. The fourth-order valence-corrected chi connectivity index (χ4v) is 3.90. The third-order valence-electron chi connectivity index (χ3n) is 3.48. The monoisotopic (exact) mass is 331 g/mol. The highest BCUT2D eigenvalue weighted by Gasteiger charge is 2.28. The molecule has 21 heavy (non-hydrogen) atoms. The Morgan fingerprint density at radius 1 is 1.24 bits per heavy atom. The zero-order valence-corrected chi connectivity index (χ0v) is 15.4. The van der Waals surface area contributed by atoms with Crippen molar-refractivity contribution in [3.63, 3.8) is 0 Å². The number of nitrogens with one attached hydrogen (secondary N) is 1. The molecule has 1 rings (SSSR count). The second-order valence-electron chi connectivity index (χ2n) is 5.98. The molecule has 0 bridgehead atoms. The van der Waals surface area contributed by atoms with Crippen LogP contribution in [-0.4, -0.2) is 37.4 Å². The molecule has 0 fully saturated rings. The van der Waals surface area contributed by atoms with Crippen LogP contribution >= 0.6 is 22.2 Å². The maximum atomic E-state index is 11.9. The summed E-state index contributed by atoms with van der Waals surface area (Å²) in [5.74, 6) is 0.376. The molecule has 0 aliphatic carbocycles. The van der Waals surface area contributed by atoms with Gasteiger partial charge in [-0.3, -0.25) is 0 Å². The average Bonchev–Trinajstić information content (AvgIpc) is 2.42. The lowest BCUT2D eigenvalue weighted by molar-refractivity contribution is 0.0596. The molecular weight excluding hydrogens is 306 g/mol. The molecule has 0 saturated heterocycles. The minimum absolute atomic E-state index is 0.157. The van der Waals surface area contributed by atoms with Crippen molar-refractivity contribution < 1.29 is 14.3 Å². The Balaban J connectivity index is 3.03. The van der Waals surface area contributed by atoms with E-state index >= 15 is 0 Å². The molecule has 0 amide bonds. The van der Waals surface area contributed by atoms with Crippen molar-refractivity contribution in [2.24, 2.45) is 0 Å². The predicted molar refractivity (Wildman–Crippen MR) is 92.5 cm³/mol. The van der Waals surface area contributed by atoms with E-state index in [0.717, 1.165) is 10.6 Å². The minimum Gasteiger partial charge on any atom is -0.497 e. The van der Waals surface area contributed by atoms with E-state index in [0.29, 0.717) is 5.56 Å². The number of hydrogen-bond acceptors (Lipinski definition) is 5. The molecule has 0 heterocycles. The van der Waals surface area contributed by atoms with Gasteiger partial charge in [0.2, 0.25) is 0 Å². The number of ether oxygens (including phenoxy) is 2. The Bertz CT molecular complexity index is 510. The van der Waals surface area contributed by atoms with Crippen molar-refractivity contribution in [2.45, 2.75) is 30.4 Å². The van der Waals surface area contributed by atoms with Gasteiger partial charge in [0.15, 0.2) is 0 Å². The summed E-state index contributed by atoms with van der Waals surface area (Å²) in [6, 6.07) is 5.34. The molecule has 4 nitrogen and oxygen atoms in total. The lowest BCUT2D eigenvalue weighted by Gasteiger charge is -2.44. The first-order valence-corrected chi connectivity index (χ1v) is 9.82. The van der Waals surface area contributed by atoms with Crippen LogP contribution in [0.15, 0.2) is 23.1 Å². The summed E-state index contributed by atoms with van der Waals surface area (Å²) in [5.41, 5.74) is 0.542. The van der Waals surface area contributed by atoms with Crippen LogP contribution in [0.1, 0.15) is 31.1 Å². The maximum absolute atomic E-state index is 11.9. The zero-order valence-electron chi connectivity index (χ0n) is 13.8. The largest absolute Gasteiger partial charge is 0.497 e. The fourth-order valence-electron chi connectivity index (χ4n) is 1.27. The molecule has 1 aromatic rings. The first kappa shape index (κ1) is 18.2. The summed E-state index contributed by atoms with van der Waals surface area (Å²) < 4.78 is 13.8. The Hall–Kier alpha value is -0.850. The van der Waals surface area contributed by atoms with Gasteiger partial charge in [0.25, 0.3) is 0 Å². The molecule has 0 unspecified atom stereocenters. The van der Waals surface area contributed by atoms with Crippen LogP contribution < -0.4 is 8.86 Å². The third kappa shape index (κ3) is 4.56. The van der Waals surface area contributed by atoms with Gasteiger partial charge in [-0.25, -0.2) is 8.92 Å².